The van der Waals surface area contributed by atoms with Gasteiger partial charge in [-0.25, -0.2) is 0 Å². The molecule has 78 valence electrons. The molecule has 0 amide bonds. The summed E-state index contributed by atoms with van der Waals surface area (Å²) in [6.45, 7) is 11.5. The summed E-state index contributed by atoms with van der Waals surface area (Å²) >= 11 is 0. The van der Waals surface area contributed by atoms with Crippen LogP contribution in [0.25, 0.3) is 0 Å². The minimum absolute atomic E-state index is 0.00590. The van der Waals surface area contributed by atoms with Crippen molar-refractivity contribution >= 4 is 0 Å². The Morgan fingerprint density at radius 3 is 2.15 bits per heavy atom. The smallest absolute Gasteiger partial charge is 0.0126 e. The van der Waals surface area contributed by atoms with E-state index in [0.29, 0.717) is 11.3 Å². The second kappa shape index (κ2) is 3.27. The normalized spacial score (nSPS) is 34.6. The SMILES string of the molecule is CC1CC(C(C)(C)N)CC(C)(C)C1. The predicted octanol–water partition coefficient (Wildman–Crippen LogP) is 3.19. The van der Waals surface area contributed by atoms with Crippen LogP contribution in [-0.2, 0) is 0 Å². The Balaban J connectivity index is 2.69. The molecule has 2 N–H and O–H groups in total. The molecular formula is C12H25N. The third-order valence-corrected chi connectivity index (χ3v) is 3.44. The van der Waals surface area contributed by atoms with E-state index in [4.69, 9.17) is 5.73 Å². The van der Waals surface area contributed by atoms with E-state index in [9.17, 15) is 0 Å². The first-order valence-corrected chi connectivity index (χ1v) is 5.49. The first-order chi connectivity index (χ1) is 5.71. The van der Waals surface area contributed by atoms with Crippen molar-refractivity contribution in [1.29, 1.82) is 0 Å². The van der Waals surface area contributed by atoms with Crippen LogP contribution in [0.4, 0.5) is 0 Å². The molecule has 0 saturated heterocycles. The van der Waals surface area contributed by atoms with Gasteiger partial charge in [-0.05, 0) is 50.4 Å². The molecule has 0 radical (unpaired) electrons. The van der Waals surface area contributed by atoms with Crippen LogP contribution in [0.15, 0.2) is 0 Å². The zero-order valence-corrected chi connectivity index (χ0v) is 9.85. The van der Waals surface area contributed by atoms with E-state index in [2.05, 4.69) is 34.6 Å². The van der Waals surface area contributed by atoms with Crippen LogP contribution in [0, 0.1) is 17.3 Å². The average molecular weight is 183 g/mol. The van der Waals surface area contributed by atoms with E-state index in [1.165, 1.54) is 19.3 Å². The lowest BCUT2D eigenvalue weighted by Gasteiger charge is -2.44. The zero-order valence-electron chi connectivity index (χ0n) is 9.85. The van der Waals surface area contributed by atoms with E-state index in [-0.39, 0.29) is 5.54 Å². The molecule has 1 aliphatic rings. The van der Waals surface area contributed by atoms with E-state index in [0.717, 1.165) is 5.92 Å². The van der Waals surface area contributed by atoms with E-state index < -0.39 is 0 Å². The maximum Gasteiger partial charge on any atom is 0.0126 e. The van der Waals surface area contributed by atoms with Crippen molar-refractivity contribution in [2.75, 3.05) is 0 Å². The second-order valence-corrected chi connectivity index (χ2v) is 6.43. The fourth-order valence-corrected chi connectivity index (χ4v) is 2.91. The summed E-state index contributed by atoms with van der Waals surface area (Å²) in [5, 5.41) is 0. The lowest BCUT2D eigenvalue weighted by atomic mass is 9.63. The maximum atomic E-state index is 6.19. The molecule has 2 atom stereocenters. The molecule has 0 aromatic rings. The minimum Gasteiger partial charge on any atom is -0.325 e. The molecule has 0 aromatic heterocycles. The Bertz CT molecular complexity index is 176. The lowest BCUT2D eigenvalue weighted by Crippen LogP contribution is -2.46. The van der Waals surface area contributed by atoms with Gasteiger partial charge in [0.2, 0.25) is 0 Å². The van der Waals surface area contributed by atoms with E-state index in [1.807, 2.05) is 0 Å². The summed E-state index contributed by atoms with van der Waals surface area (Å²) in [5.41, 5.74) is 6.70. The van der Waals surface area contributed by atoms with Gasteiger partial charge in [-0.15, -0.1) is 0 Å². The van der Waals surface area contributed by atoms with Crippen molar-refractivity contribution in [2.45, 2.75) is 59.4 Å². The molecule has 0 spiro atoms. The molecule has 2 unspecified atom stereocenters. The number of hydrogen-bond donors (Lipinski definition) is 1. The molecule has 1 fully saturated rings. The van der Waals surface area contributed by atoms with Gasteiger partial charge in [0.15, 0.2) is 0 Å². The van der Waals surface area contributed by atoms with E-state index >= 15 is 0 Å². The molecule has 1 aliphatic carbocycles. The van der Waals surface area contributed by atoms with Gasteiger partial charge in [-0.2, -0.15) is 0 Å². The van der Waals surface area contributed by atoms with Gasteiger partial charge in [0.25, 0.3) is 0 Å². The Labute approximate surface area is 83.1 Å². The first kappa shape index (κ1) is 11.0. The van der Waals surface area contributed by atoms with Gasteiger partial charge >= 0.3 is 0 Å². The molecule has 1 heteroatoms. The fourth-order valence-electron chi connectivity index (χ4n) is 2.91. The van der Waals surface area contributed by atoms with Gasteiger partial charge in [0.1, 0.15) is 0 Å². The van der Waals surface area contributed by atoms with Crippen molar-refractivity contribution < 1.29 is 0 Å². The average Bonchev–Trinajstić information content (AvgIpc) is 1.79. The third kappa shape index (κ3) is 2.98. The Morgan fingerprint density at radius 1 is 1.23 bits per heavy atom. The summed E-state index contributed by atoms with van der Waals surface area (Å²) in [6.07, 6.45) is 3.97. The molecule has 13 heavy (non-hydrogen) atoms. The highest BCUT2D eigenvalue weighted by molar-refractivity contribution is 4.91. The van der Waals surface area contributed by atoms with Crippen LogP contribution in [0.3, 0.4) is 0 Å². The zero-order chi connectivity index (χ0) is 10.3. The number of rotatable bonds is 1. The maximum absolute atomic E-state index is 6.19. The van der Waals surface area contributed by atoms with Crippen molar-refractivity contribution in [3.8, 4) is 0 Å². The van der Waals surface area contributed by atoms with Crippen LogP contribution in [0.1, 0.15) is 53.9 Å². The van der Waals surface area contributed by atoms with Crippen LogP contribution < -0.4 is 5.73 Å². The monoisotopic (exact) mass is 183 g/mol. The number of hydrogen-bond acceptors (Lipinski definition) is 1. The van der Waals surface area contributed by atoms with Crippen molar-refractivity contribution in [3.05, 3.63) is 0 Å². The summed E-state index contributed by atoms with van der Waals surface area (Å²) < 4.78 is 0. The molecular weight excluding hydrogens is 158 g/mol. The van der Waals surface area contributed by atoms with Crippen LogP contribution in [0.5, 0.6) is 0 Å². The molecule has 0 heterocycles. The highest BCUT2D eigenvalue weighted by Gasteiger charge is 2.37. The first-order valence-electron chi connectivity index (χ1n) is 5.49. The van der Waals surface area contributed by atoms with E-state index in [1.54, 1.807) is 0 Å². The summed E-state index contributed by atoms with van der Waals surface area (Å²) in [6, 6.07) is 0. The Hall–Kier alpha value is -0.0400. The number of nitrogens with two attached hydrogens (primary N) is 1. The van der Waals surface area contributed by atoms with Crippen molar-refractivity contribution in [2.24, 2.45) is 23.0 Å². The Morgan fingerprint density at radius 2 is 1.77 bits per heavy atom. The van der Waals surface area contributed by atoms with Gasteiger partial charge in [0, 0.05) is 5.54 Å². The highest BCUT2D eigenvalue weighted by atomic mass is 14.7. The van der Waals surface area contributed by atoms with Crippen molar-refractivity contribution in [1.82, 2.24) is 0 Å². The summed E-state index contributed by atoms with van der Waals surface area (Å²) in [4.78, 5) is 0. The predicted molar refractivity (Wildman–Crippen MR) is 58.6 cm³/mol. The lowest BCUT2D eigenvalue weighted by molar-refractivity contribution is 0.0919. The van der Waals surface area contributed by atoms with Crippen LogP contribution >= 0.6 is 0 Å². The largest absolute Gasteiger partial charge is 0.325 e. The van der Waals surface area contributed by atoms with Crippen molar-refractivity contribution in [3.63, 3.8) is 0 Å². The highest BCUT2D eigenvalue weighted by Crippen LogP contribution is 2.44. The molecule has 0 aromatic carbocycles. The molecule has 1 rings (SSSR count). The minimum atomic E-state index is 0.00590. The molecule has 0 bridgehead atoms. The van der Waals surface area contributed by atoms with Gasteiger partial charge in [0.05, 0.1) is 0 Å². The molecule has 1 nitrogen and oxygen atoms in total. The second-order valence-electron chi connectivity index (χ2n) is 6.43. The summed E-state index contributed by atoms with van der Waals surface area (Å²) in [7, 11) is 0. The molecule has 1 saturated carbocycles. The van der Waals surface area contributed by atoms with Crippen LogP contribution in [0.2, 0.25) is 0 Å². The quantitative estimate of drug-likeness (QED) is 0.664. The molecule has 0 aliphatic heterocycles. The summed E-state index contributed by atoms with van der Waals surface area (Å²) in [5.74, 6) is 1.54. The Kier molecular flexibility index (Phi) is 2.78. The standard InChI is InChI=1S/C12H25N/c1-9-6-10(12(4,5)13)8-11(2,3)7-9/h9-10H,6-8,13H2,1-5H3. The third-order valence-electron chi connectivity index (χ3n) is 3.44. The fraction of sp³-hybridized carbons (Fsp3) is 1.00. The van der Waals surface area contributed by atoms with Gasteiger partial charge in [-0.3, -0.25) is 0 Å². The topological polar surface area (TPSA) is 26.0 Å². The van der Waals surface area contributed by atoms with Gasteiger partial charge < -0.3 is 5.73 Å². The van der Waals surface area contributed by atoms with Gasteiger partial charge in [-0.1, -0.05) is 20.8 Å². The van der Waals surface area contributed by atoms with Crippen LogP contribution in [-0.4, -0.2) is 5.54 Å².